The van der Waals surface area contributed by atoms with Crippen LogP contribution in [0.1, 0.15) is 16.7 Å². The van der Waals surface area contributed by atoms with Gasteiger partial charge in [0.2, 0.25) is 0 Å². The van der Waals surface area contributed by atoms with Crippen molar-refractivity contribution in [2.45, 2.75) is 13.8 Å². The summed E-state index contributed by atoms with van der Waals surface area (Å²) in [5.74, 6) is -1.23. The van der Waals surface area contributed by atoms with Gasteiger partial charge in [-0.15, -0.1) is 6.58 Å². The Hall–Kier alpha value is -3.41. The van der Waals surface area contributed by atoms with Gasteiger partial charge >= 0.3 is 11.8 Å². The molecule has 10 heteroatoms. The maximum atomic E-state index is 12.3. The average Bonchev–Trinajstić information content (AvgIpc) is 2.75. The summed E-state index contributed by atoms with van der Waals surface area (Å²) >= 11 is 2.05. The van der Waals surface area contributed by atoms with Crippen LogP contribution in [0, 0.1) is 17.4 Å². The molecule has 0 bridgehead atoms. The highest BCUT2D eigenvalue weighted by Crippen LogP contribution is 2.33. The molecule has 0 aliphatic carbocycles. The van der Waals surface area contributed by atoms with E-state index in [0.29, 0.717) is 26.3 Å². The average molecular weight is 564 g/mol. The van der Waals surface area contributed by atoms with Crippen LogP contribution in [0.2, 0.25) is 0 Å². The highest BCUT2D eigenvalue weighted by Gasteiger charge is 2.14. The van der Waals surface area contributed by atoms with Gasteiger partial charge < -0.3 is 20.1 Å². The molecule has 9 nitrogen and oxygen atoms in total. The zero-order chi connectivity index (χ0) is 24.4. The predicted octanol–water partition coefficient (Wildman–Crippen LogP) is 2.69. The smallest absolute Gasteiger partial charge is 0.329 e. The number of carbonyl (C=O) groups excluding carboxylic acids is 3. The van der Waals surface area contributed by atoms with Crippen molar-refractivity contribution in [2.24, 2.45) is 5.10 Å². The van der Waals surface area contributed by atoms with Gasteiger partial charge in [0.05, 0.1) is 16.9 Å². The Morgan fingerprint density at radius 3 is 2.42 bits per heavy atom. The molecule has 0 radical (unpaired) electrons. The van der Waals surface area contributed by atoms with Crippen molar-refractivity contribution in [2.75, 3.05) is 25.6 Å². The highest BCUT2D eigenvalue weighted by atomic mass is 127. The van der Waals surface area contributed by atoms with Crippen molar-refractivity contribution < 1.29 is 23.9 Å². The first-order chi connectivity index (χ1) is 15.7. The molecule has 3 N–H and O–H groups in total. The van der Waals surface area contributed by atoms with E-state index in [1.165, 1.54) is 19.4 Å². The van der Waals surface area contributed by atoms with Crippen molar-refractivity contribution in [1.29, 1.82) is 0 Å². The maximum absolute atomic E-state index is 12.3. The standard InChI is InChI=1S/C23H25IN4O5/c1-5-6-25-22(30)23(31)28-26-12-16-10-18(24)21(19(11-16)32-4)33-13-20(29)27-17-8-14(2)7-15(3)9-17/h5,7-12H,1,6,13H2,2-4H3,(H,25,30)(H,27,29)(H,28,31)/b26-12+. The molecular formula is C23H25IN4O5. The van der Waals surface area contributed by atoms with Gasteiger partial charge in [-0.25, -0.2) is 5.43 Å². The lowest BCUT2D eigenvalue weighted by atomic mass is 10.1. The molecule has 3 amide bonds. The van der Waals surface area contributed by atoms with Crippen molar-refractivity contribution >= 4 is 52.2 Å². The van der Waals surface area contributed by atoms with E-state index in [4.69, 9.17) is 9.47 Å². The van der Waals surface area contributed by atoms with E-state index in [1.54, 1.807) is 12.1 Å². The van der Waals surface area contributed by atoms with E-state index in [2.05, 4.69) is 27.7 Å². The molecule has 174 valence electrons. The van der Waals surface area contributed by atoms with Gasteiger partial charge in [0, 0.05) is 12.2 Å². The second-order valence-corrected chi connectivity index (χ2v) is 8.11. The number of ether oxygens (including phenoxy) is 2. The quantitative estimate of drug-likeness (QED) is 0.142. The molecule has 2 rings (SSSR count). The van der Waals surface area contributed by atoms with Crippen molar-refractivity contribution in [1.82, 2.24) is 10.7 Å². The topological polar surface area (TPSA) is 118 Å². The lowest BCUT2D eigenvalue weighted by molar-refractivity contribution is -0.139. The number of nitrogens with one attached hydrogen (secondary N) is 3. The lowest BCUT2D eigenvalue weighted by Crippen LogP contribution is -2.37. The van der Waals surface area contributed by atoms with Crippen LogP contribution in [0.4, 0.5) is 5.69 Å². The minimum atomic E-state index is -0.899. The van der Waals surface area contributed by atoms with Crippen LogP contribution >= 0.6 is 22.6 Å². The molecule has 0 aliphatic rings. The van der Waals surface area contributed by atoms with Gasteiger partial charge in [0.15, 0.2) is 18.1 Å². The minimum absolute atomic E-state index is 0.176. The SMILES string of the molecule is C=CCNC(=O)C(=O)N/N=C/c1cc(I)c(OCC(=O)Nc2cc(C)cc(C)c2)c(OC)c1. The number of hydrogen-bond acceptors (Lipinski definition) is 6. The number of amides is 3. The van der Waals surface area contributed by atoms with Crippen LogP contribution in [-0.4, -0.2) is 44.2 Å². The zero-order valence-corrected chi connectivity index (χ0v) is 20.7. The molecule has 0 spiro atoms. The Kier molecular flexibility index (Phi) is 9.85. The molecule has 0 atom stereocenters. The number of hydrazone groups is 1. The molecule has 2 aromatic rings. The fourth-order valence-electron chi connectivity index (χ4n) is 2.80. The van der Waals surface area contributed by atoms with Gasteiger partial charge in [0.1, 0.15) is 0 Å². The van der Waals surface area contributed by atoms with E-state index < -0.39 is 11.8 Å². The molecule has 0 heterocycles. The second-order valence-electron chi connectivity index (χ2n) is 6.95. The van der Waals surface area contributed by atoms with Gasteiger partial charge in [-0.1, -0.05) is 12.1 Å². The van der Waals surface area contributed by atoms with Crippen LogP contribution in [0.5, 0.6) is 11.5 Å². The monoisotopic (exact) mass is 564 g/mol. The normalized spacial score (nSPS) is 10.4. The van der Waals surface area contributed by atoms with Crippen molar-refractivity contribution in [3.8, 4) is 11.5 Å². The third kappa shape index (κ3) is 8.22. The predicted molar refractivity (Wildman–Crippen MR) is 135 cm³/mol. The van der Waals surface area contributed by atoms with E-state index in [9.17, 15) is 14.4 Å². The maximum Gasteiger partial charge on any atom is 0.329 e. The van der Waals surface area contributed by atoms with Gasteiger partial charge in [-0.3, -0.25) is 14.4 Å². The summed E-state index contributed by atoms with van der Waals surface area (Å²) in [6.45, 7) is 7.34. The molecule has 0 fully saturated rings. The van der Waals surface area contributed by atoms with E-state index >= 15 is 0 Å². The molecule has 2 aromatic carbocycles. The highest BCUT2D eigenvalue weighted by molar-refractivity contribution is 14.1. The number of carbonyl (C=O) groups is 3. The number of benzene rings is 2. The van der Waals surface area contributed by atoms with E-state index in [0.717, 1.165) is 11.1 Å². The number of aryl methyl sites for hydroxylation is 2. The Morgan fingerprint density at radius 2 is 1.79 bits per heavy atom. The van der Waals surface area contributed by atoms with Crippen molar-refractivity contribution in [3.05, 3.63) is 63.2 Å². The van der Waals surface area contributed by atoms with Gasteiger partial charge in [-0.05, 0) is 77.4 Å². The molecule has 33 heavy (non-hydrogen) atoms. The summed E-state index contributed by atoms with van der Waals surface area (Å²) in [7, 11) is 1.47. The number of nitrogens with zero attached hydrogens (tertiary/aromatic N) is 1. The lowest BCUT2D eigenvalue weighted by Gasteiger charge is -2.14. The second kappa shape index (κ2) is 12.6. The molecule has 0 saturated heterocycles. The number of anilines is 1. The van der Waals surface area contributed by atoms with E-state index in [1.807, 2.05) is 54.6 Å². The number of hydrogen-bond donors (Lipinski definition) is 3. The van der Waals surface area contributed by atoms with E-state index in [-0.39, 0.29) is 19.1 Å². The Morgan fingerprint density at radius 1 is 1.09 bits per heavy atom. The fraction of sp³-hybridized carbons (Fsp3) is 0.217. The summed E-state index contributed by atoms with van der Waals surface area (Å²) in [6, 6.07) is 9.14. The van der Waals surface area contributed by atoms with Crippen molar-refractivity contribution in [3.63, 3.8) is 0 Å². The van der Waals surface area contributed by atoms with Crippen LogP contribution < -0.4 is 25.5 Å². The fourth-order valence-corrected chi connectivity index (χ4v) is 3.58. The molecule has 0 aliphatic heterocycles. The number of halogens is 1. The van der Waals surface area contributed by atoms with Crippen LogP contribution in [0.3, 0.4) is 0 Å². The third-order valence-electron chi connectivity index (χ3n) is 4.10. The summed E-state index contributed by atoms with van der Waals surface area (Å²) in [6.07, 6.45) is 2.82. The molecule has 0 saturated carbocycles. The first-order valence-corrected chi connectivity index (χ1v) is 10.9. The van der Waals surface area contributed by atoms with Crippen LogP contribution in [-0.2, 0) is 14.4 Å². The number of rotatable bonds is 9. The Bertz CT molecular complexity index is 1060. The minimum Gasteiger partial charge on any atom is -0.493 e. The van der Waals surface area contributed by atoms with Gasteiger partial charge in [-0.2, -0.15) is 5.10 Å². The molecular weight excluding hydrogens is 539 g/mol. The third-order valence-corrected chi connectivity index (χ3v) is 4.90. The van der Waals surface area contributed by atoms with Gasteiger partial charge in [0.25, 0.3) is 5.91 Å². The summed E-state index contributed by atoms with van der Waals surface area (Å²) in [5.41, 5.74) is 5.53. The zero-order valence-electron chi connectivity index (χ0n) is 18.5. The molecule has 0 unspecified atom stereocenters. The summed E-state index contributed by atoms with van der Waals surface area (Å²) in [4.78, 5) is 35.5. The Labute approximate surface area is 205 Å². The first kappa shape index (κ1) is 25.8. The first-order valence-electron chi connectivity index (χ1n) is 9.84. The summed E-state index contributed by atoms with van der Waals surface area (Å²) < 4.78 is 11.7. The number of methoxy groups -OCH3 is 1. The molecule has 0 aromatic heterocycles. The Balaban J connectivity index is 2.01. The summed E-state index contributed by atoms with van der Waals surface area (Å²) in [5, 5.41) is 8.94. The largest absolute Gasteiger partial charge is 0.493 e. The van der Waals surface area contributed by atoms with Crippen LogP contribution in [0.25, 0.3) is 0 Å². The van der Waals surface area contributed by atoms with Crippen LogP contribution in [0.15, 0.2) is 48.1 Å².